The largest absolute Gasteiger partial charge is 0.486 e. The lowest BCUT2D eigenvalue weighted by molar-refractivity contribution is 0.143. The standard InChI is InChI=1S/C12H13ClO3/c13-9-1-2-10-11(16-6-5-15-10)8(9)7-12(14)3-4-12/h1-2,14H,3-7H2. The van der Waals surface area contributed by atoms with Gasteiger partial charge in [0.25, 0.3) is 0 Å². The van der Waals surface area contributed by atoms with Gasteiger partial charge in [0.1, 0.15) is 13.2 Å². The lowest BCUT2D eigenvalue weighted by Gasteiger charge is -2.22. The normalized spacial score (nSPS) is 20.6. The average molecular weight is 241 g/mol. The molecule has 3 nitrogen and oxygen atoms in total. The van der Waals surface area contributed by atoms with Crippen LogP contribution in [0.15, 0.2) is 12.1 Å². The third kappa shape index (κ3) is 1.74. The Morgan fingerprint density at radius 3 is 2.75 bits per heavy atom. The zero-order chi connectivity index (χ0) is 11.2. The molecule has 0 bridgehead atoms. The van der Waals surface area contributed by atoms with E-state index < -0.39 is 5.60 Å². The highest BCUT2D eigenvalue weighted by Gasteiger charge is 2.41. The monoisotopic (exact) mass is 240 g/mol. The predicted molar refractivity (Wildman–Crippen MR) is 60.3 cm³/mol. The number of halogens is 1. The molecule has 0 spiro atoms. The van der Waals surface area contributed by atoms with Crippen LogP contribution in [0.4, 0.5) is 0 Å². The molecule has 3 rings (SSSR count). The van der Waals surface area contributed by atoms with Gasteiger partial charge in [-0.05, 0) is 25.0 Å². The van der Waals surface area contributed by atoms with E-state index in [0.29, 0.717) is 30.4 Å². The SMILES string of the molecule is OC1(Cc2c(Cl)ccc3c2OCCO3)CC1. The van der Waals surface area contributed by atoms with Crippen molar-refractivity contribution in [2.45, 2.75) is 24.9 Å². The fourth-order valence-electron chi connectivity index (χ4n) is 1.96. The van der Waals surface area contributed by atoms with Gasteiger partial charge in [-0.15, -0.1) is 0 Å². The summed E-state index contributed by atoms with van der Waals surface area (Å²) in [4.78, 5) is 0. The van der Waals surface area contributed by atoms with E-state index >= 15 is 0 Å². The molecule has 1 aliphatic carbocycles. The first-order valence-electron chi connectivity index (χ1n) is 5.47. The Kier molecular flexibility index (Phi) is 2.26. The Morgan fingerprint density at radius 2 is 2.00 bits per heavy atom. The van der Waals surface area contributed by atoms with Gasteiger partial charge in [0.15, 0.2) is 11.5 Å². The molecule has 0 saturated heterocycles. The van der Waals surface area contributed by atoms with Crippen LogP contribution in [-0.4, -0.2) is 23.9 Å². The van der Waals surface area contributed by atoms with E-state index in [1.807, 2.05) is 6.07 Å². The molecule has 86 valence electrons. The number of hydrogen-bond donors (Lipinski definition) is 1. The Balaban J connectivity index is 2.00. The number of fused-ring (bicyclic) bond motifs is 1. The maximum Gasteiger partial charge on any atom is 0.166 e. The van der Waals surface area contributed by atoms with Crippen molar-refractivity contribution in [3.8, 4) is 11.5 Å². The van der Waals surface area contributed by atoms with E-state index in [9.17, 15) is 5.11 Å². The summed E-state index contributed by atoms with van der Waals surface area (Å²) in [7, 11) is 0. The quantitative estimate of drug-likeness (QED) is 0.861. The van der Waals surface area contributed by atoms with Crippen molar-refractivity contribution in [2.24, 2.45) is 0 Å². The second-order valence-corrected chi connectivity index (χ2v) is 4.86. The molecule has 1 aromatic carbocycles. The van der Waals surface area contributed by atoms with Gasteiger partial charge in [0.05, 0.1) is 5.60 Å². The number of aliphatic hydroxyl groups is 1. The molecule has 1 aromatic rings. The van der Waals surface area contributed by atoms with Crippen LogP contribution in [0, 0.1) is 0 Å². The van der Waals surface area contributed by atoms with Crippen LogP contribution in [-0.2, 0) is 6.42 Å². The number of benzene rings is 1. The van der Waals surface area contributed by atoms with Crippen molar-refractivity contribution < 1.29 is 14.6 Å². The molecule has 0 atom stereocenters. The van der Waals surface area contributed by atoms with Crippen LogP contribution in [0.2, 0.25) is 5.02 Å². The first-order valence-corrected chi connectivity index (χ1v) is 5.85. The molecule has 16 heavy (non-hydrogen) atoms. The molecule has 1 N–H and O–H groups in total. The first kappa shape index (κ1) is 10.2. The molecule has 2 aliphatic rings. The Bertz CT molecular complexity index is 427. The van der Waals surface area contributed by atoms with E-state index in [2.05, 4.69) is 0 Å². The number of rotatable bonds is 2. The molecule has 1 heterocycles. The van der Waals surface area contributed by atoms with Gasteiger partial charge in [-0.1, -0.05) is 11.6 Å². The second-order valence-electron chi connectivity index (χ2n) is 4.45. The summed E-state index contributed by atoms with van der Waals surface area (Å²) < 4.78 is 11.1. The van der Waals surface area contributed by atoms with Crippen molar-refractivity contribution in [1.82, 2.24) is 0 Å². The maximum atomic E-state index is 9.95. The predicted octanol–water partition coefficient (Wildman–Crippen LogP) is 2.18. The van der Waals surface area contributed by atoms with Gasteiger partial charge in [0.2, 0.25) is 0 Å². The van der Waals surface area contributed by atoms with Gasteiger partial charge in [-0.2, -0.15) is 0 Å². The van der Waals surface area contributed by atoms with Crippen LogP contribution in [0.3, 0.4) is 0 Å². The summed E-state index contributed by atoms with van der Waals surface area (Å²) >= 11 is 6.15. The molecule has 1 saturated carbocycles. The van der Waals surface area contributed by atoms with Gasteiger partial charge in [-0.25, -0.2) is 0 Å². The Labute approximate surface area is 98.9 Å². The third-order valence-electron chi connectivity index (χ3n) is 3.09. The molecule has 4 heteroatoms. The summed E-state index contributed by atoms with van der Waals surface area (Å²) in [5, 5.41) is 10.6. The highest BCUT2D eigenvalue weighted by molar-refractivity contribution is 6.31. The van der Waals surface area contributed by atoms with E-state index in [1.165, 1.54) is 0 Å². The molecule has 0 unspecified atom stereocenters. The summed E-state index contributed by atoms with van der Waals surface area (Å²) in [6, 6.07) is 3.62. The molecular weight excluding hydrogens is 228 g/mol. The van der Waals surface area contributed by atoms with Crippen molar-refractivity contribution in [2.75, 3.05) is 13.2 Å². The van der Waals surface area contributed by atoms with E-state index in [4.69, 9.17) is 21.1 Å². The highest BCUT2D eigenvalue weighted by Crippen LogP contribution is 2.45. The fraction of sp³-hybridized carbons (Fsp3) is 0.500. The van der Waals surface area contributed by atoms with E-state index in [0.717, 1.165) is 24.2 Å². The molecule has 0 radical (unpaired) electrons. The summed E-state index contributed by atoms with van der Waals surface area (Å²) in [5.41, 5.74) is 0.304. The summed E-state index contributed by atoms with van der Waals surface area (Å²) in [6.45, 7) is 1.11. The van der Waals surface area contributed by atoms with Crippen LogP contribution >= 0.6 is 11.6 Å². The smallest absolute Gasteiger partial charge is 0.166 e. The van der Waals surface area contributed by atoms with Crippen LogP contribution in [0.25, 0.3) is 0 Å². The number of hydrogen-bond acceptors (Lipinski definition) is 3. The Morgan fingerprint density at radius 1 is 1.25 bits per heavy atom. The van der Waals surface area contributed by atoms with Gasteiger partial charge in [0, 0.05) is 17.0 Å². The molecule has 0 aromatic heterocycles. The molecule has 1 fully saturated rings. The minimum Gasteiger partial charge on any atom is -0.486 e. The van der Waals surface area contributed by atoms with Crippen molar-refractivity contribution in [1.29, 1.82) is 0 Å². The maximum absolute atomic E-state index is 9.95. The van der Waals surface area contributed by atoms with Crippen molar-refractivity contribution >= 4 is 11.6 Å². The van der Waals surface area contributed by atoms with Crippen LogP contribution in [0.5, 0.6) is 11.5 Å². The van der Waals surface area contributed by atoms with Gasteiger partial charge >= 0.3 is 0 Å². The lowest BCUT2D eigenvalue weighted by atomic mass is 10.0. The van der Waals surface area contributed by atoms with Gasteiger partial charge < -0.3 is 14.6 Å². The van der Waals surface area contributed by atoms with E-state index in [-0.39, 0.29) is 0 Å². The summed E-state index contributed by atoms with van der Waals surface area (Å²) in [5.74, 6) is 1.44. The van der Waals surface area contributed by atoms with Crippen LogP contribution < -0.4 is 9.47 Å². The lowest BCUT2D eigenvalue weighted by Crippen LogP contribution is -2.19. The van der Waals surface area contributed by atoms with Crippen molar-refractivity contribution in [3.05, 3.63) is 22.7 Å². The van der Waals surface area contributed by atoms with Gasteiger partial charge in [-0.3, -0.25) is 0 Å². The molecule has 0 amide bonds. The number of ether oxygens (including phenoxy) is 2. The summed E-state index contributed by atoms with van der Waals surface area (Å²) in [6.07, 6.45) is 2.24. The topological polar surface area (TPSA) is 38.7 Å². The third-order valence-corrected chi connectivity index (χ3v) is 3.44. The molecular formula is C12H13ClO3. The second kappa shape index (κ2) is 3.54. The minimum atomic E-state index is -0.570. The Hall–Kier alpha value is -0.930. The van der Waals surface area contributed by atoms with E-state index in [1.54, 1.807) is 6.07 Å². The fourth-order valence-corrected chi connectivity index (χ4v) is 2.18. The average Bonchev–Trinajstić information content (AvgIpc) is 3.01. The van der Waals surface area contributed by atoms with Crippen LogP contribution in [0.1, 0.15) is 18.4 Å². The zero-order valence-corrected chi connectivity index (χ0v) is 9.59. The minimum absolute atomic E-state index is 0.540. The highest BCUT2D eigenvalue weighted by atomic mass is 35.5. The van der Waals surface area contributed by atoms with Crippen molar-refractivity contribution in [3.63, 3.8) is 0 Å². The first-order chi connectivity index (χ1) is 7.68. The molecule has 1 aliphatic heterocycles. The zero-order valence-electron chi connectivity index (χ0n) is 8.83.